The zero-order valence-corrected chi connectivity index (χ0v) is 12.9. The third kappa shape index (κ3) is 3.84. The van der Waals surface area contributed by atoms with Crippen molar-refractivity contribution in [1.82, 2.24) is 14.8 Å². The molecule has 2 saturated heterocycles. The van der Waals surface area contributed by atoms with Crippen LogP contribution in [0.25, 0.3) is 0 Å². The van der Waals surface area contributed by atoms with E-state index in [2.05, 4.69) is 4.98 Å². The topological polar surface area (TPSA) is 56.7 Å². The lowest BCUT2D eigenvalue weighted by Gasteiger charge is -2.36. The number of nitrogens with zero attached hydrogens (tertiary/aromatic N) is 3. The molecule has 2 atom stereocenters. The second-order valence-corrected chi connectivity index (χ2v) is 6.36. The molecule has 0 spiro atoms. The van der Waals surface area contributed by atoms with Crippen LogP contribution in [0.3, 0.4) is 0 Å². The number of aliphatic hydroxyl groups is 1. The number of aliphatic hydroxyl groups excluding tert-OH is 1. The Balaban J connectivity index is 1.57. The molecule has 1 amide bonds. The molecule has 2 fully saturated rings. The van der Waals surface area contributed by atoms with Gasteiger partial charge in [-0.05, 0) is 17.7 Å². The first-order valence-electron chi connectivity index (χ1n) is 7.91. The number of carbonyl (C=O) groups excluding carboxylic acids is 1. The Bertz CT molecular complexity index is 546. The van der Waals surface area contributed by atoms with Gasteiger partial charge in [0, 0.05) is 51.4 Å². The fraction of sp³-hybridized carbons (Fsp3) is 0.625. The van der Waals surface area contributed by atoms with Crippen LogP contribution in [0.4, 0.5) is 8.78 Å². The zero-order valence-electron chi connectivity index (χ0n) is 12.9. The maximum Gasteiger partial charge on any atom is 0.250 e. The summed E-state index contributed by atoms with van der Waals surface area (Å²) in [7, 11) is 0. The number of pyridine rings is 1. The van der Waals surface area contributed by atoms with Gasteiger partial charge in [-0.2, -0.15) is 0 Å². The maximum atomic E-state index is 13.3. The molecule has 0 bridgehead atoms. The second kappa shape index (κ2) is 6.49. The second-order valence-electron chi connectivity index (χ2n) is 6.36. The van der Waals surface area contributed by atoms with Crippen molar-refractivity contribution in [3.63, 3.8) is 0 Å². The third-order valence-electron chi connectivity index (χ3n) is 4.72. The molecular formula is C16H21F2N3O2. The van der Waals surface area contributed by atoms with Gasteiger partial charge in [-0.25, -0.2) is 8.78 Å². The molecule has 1 aromatic heterocycles. The highest BCUT2D eigenvalue weighted by molar-refractivity contribution is 5.79. The van der Waals surface area contributed by atoms with Crippen LogP contribution in [0.15, 0.2) is 24.5 Å². The van der Waals surface area contributed by atoms with E-state index in [9.17, 15) is 18.7 Å². The number of alkyl halides is 2. The molecule has 1 N–H and O–H groups in total. The molecular weight excluding hydrogens is 304 g/mol. The number of rotatable bonds is 3. The highest BCUT2D eigenvalue weighted by Gasteiger charge is 2.42. The van der Waals surface area contributed by atoms with E-state index in [1.807, 2.05) is 4.90 Å². The van der Waals surface area contributed by atoms with Gasteiger partial charge in [0.1, 0.15) is 0 Å². The van der Waals surface area contributed by atoms with E-state index in [4.69, 9.17) is 0 Å². The lowest BCUT2D eigenvalue weighted by Crippen LogP contribution is -2.49. The summed E-state index contributed by atoms with van der Waals surface area (Å²) in [5, 5.41) is 10.2. The van der Waals surface area contributed by atoms with Gasteiger partial charge in [-0.3, -0.25) is 14.7 Å². The number of amides is 1. The molecule has 3 rings (SSSR count). The van der Waals surface area contributed by atoms with Crippen molar-refractivity contribution < 1.29 is 18.7 Å². The number of hydrogen-bond donors (Lipinski definition) is 1. The number of halogens is 2. The Morgan fingerprint density at radius 1 is 1.26 bits per heavy atom. The average Bonchev–Trinajstić information content (AvgIpc) is 2.90. The van der Waals surface area contributed by atoms with E-state index in [0.29, 0.717) is 6.54 Å². The van der Waals surface area contributed by atoms with Crippen LogP contribution in [0.2, 0.25) is 0 Å². The van der Waals surface area contributed by atoms with Crippen LogP contribution in [0, 0.1) is 0 Å². The molecule has 3 heterocycles. The summed E-state index contributed by atoms with van der Waals surface area (Å²) in [6, 6.07) is 3.33. The van der Waals surface area contributed by atoms with Crippen molar-refractivity contribution in [1.29, 1.82) is 0 Å². The summed E-state index contributed by atoms with van der Waals surface area (Å²) in [5.74, 6) is -2.66. The minimum absolute atomic E-state index is 0.0555. The van der Waals surface area contributed by atoms with E-state index in [1.165, 1.54) is 0 Å². The molecule has 1 aromatic rings. The number of carbonyl (C=O) groups is 1. The molecule has 2 aliphatic heterocycles. The molecule has 5 nitrogen and oxygen atoms in total. The van der Waals surface area contributed by atoms with Crippen molar-refractivity contribution in [2.75, 3.05) is 26.2 Å². The molecule has 0 aliphatic carbocycles. The highest BCUT2D eigenvalue weighted by atomic mass is 19.3. The van der Waals surface area contributed by atoms with Gasteiger partial charge in [0.05, 0.1) is 18.6 Å². The third-order valence-corrected chi connectivity index (χ3v) is 4.72. The molecule has 7 heteroatoms. The van der Waals surface area contributed by atoms with Crippen molar-refractivity contribution in [2.45, 2.75) is 37.3 Å². The van der Waals surface area contributed by atoms with Gasteiger partial charge in [-0.15, -0.1) is 0 Å². The van der Waals surface area contributed by atoms with E-state index >= 15 is 0 Å². The van der Waals surface area contributed by atoms with E-state index < -0.39 is 12.0 Å². The molecule has 2 aliphatic rings. The average molecular weight is 325 g/mol. The summed E-state index contributed by atoms with van der Waals surface area (Å²) in [5.41, 5.74) is 0.876. The predicted octanol–water partition coefficient (Wildman–Crippen LogP) is 0.927. The van der Waals surface area contributed by atoms with Crippen LogP contribution in [-0.4, -0.2) is 70.0 Å². The molecule has 0 radical (unpaired) electrons. The number of aromatic nitrogens is 1. The fourth-order valence-corrected chi connectivity index (χ4v) is 3.30. The highest BCUT2D eigenvalue weighted by Crippen LogP contribution is 2.30. The Morgan fingerprint density at radius 3 is 2.57 bits per heavy atom. The lowest BCUT2D eigenvalue weighted by atomic mass is 10.0. The van der Waals surface area contributed by atoms with Gasteiger partial charge >= 0.3 is 0 Å². The molecule has 0 unspecified atom stereocenters. The van der Waals surface area contributed by atoms with Crippen LogP contribution in [0.1, 0.15) is 18.4 Å². The van der Waals surface area contributed by atoms with Crippen molar-refractivity contribution >= 4 is 5.91 Å². The van der Waals surface area contributed by atoms with E-state index in [0.717, 1.165) is 5.56 Å². The van der Waals surface area contributed by atoms with Gasteiger partial charge < -0.3 is 10.0 Å². The van der Waals surface area contributed by atoms with Crippen molar-refractivity contribution in [3.8, 4) is 0 Å². The Kier molecular flexibility index (Phi) is 4.59. The monoisotopic (exact) mass is 325 g/mol. The fourth-order valence-electron chi connectivity index (χ4n) is 3.30. The molecule has 126 valence electrons. The zero-order chi connectivity index (χ0) is 16.4. The van der Waals surface area contributed by atoms with Gasteiger partial charge in [-0.1, -0.05) is 0 Å². The van der Waals surface area contributed by atoms with Gasteiger partial charge in [0.2, 0.25) is 5.91 Å². The Hall–Kier alpha value is -1.60. The van der Waals surface area contributed by atoms with Crippen LogP contribution in [0.5, 0.6) is 0 Å². The number of piperidine rings is 1. The Morgan fingerprint density at radius 2 is 1.91 bits per heavy atom. The first kappa shape index (κ1) is 16.3. The first-order valence-corrected chi connectivity index (χ1v) is 7.91. The standard InChI is InChI=1S/C16H21F2N3O2/c17-16(18)3-7-20(8-4-16)13-10-21(11-14(13)22)15(23)9-12-1-5-19-6-2-12/h1-2,5-6,13-14,22H,3-4,7-11H2/t13-,14-/m1/s1. The summed E-state index contributed by atoms with van der Waals surface area (Å²) in [6.45, 7) is 1.19. The quantitative estimate of drug-likeness (QED) is 0.898. The SMILES string of the molecule is O=C(Cc1ccncc1)N1C[C@@H](O)[C@H](N2CCC(F)(F)CC2)C1. The summed E-state index contributed by atoms with van der Waals surface area (Å²) in [6.07, 6.45) is 2.50. The summed E-state index contributed by atoms with van der Waals surface area (Å²) >= 11 is 0. The molecule has 0 aromatic carbocycles. The normalized spacial score (nSPS) is 28.0. The van der Waals surface area contributed by atoms with Crippen LogP contribution in [-0.2, 0) is 11.2 Å². The van der Waals surface area contributed by atoms with Crippen LogP contribution < -0.4 is 0 Å². The minimum Gasteiger partial charge on any atom is -0.390 e. The van der Waals surface area contributed by atoms with Gasteiger partial charge in [0.25, 0.3) is 5.92 Å². The maximum absolute atomic E-state index is 13.3. The first-order chi connectivity index (χ1) is 10.9. The summed E-state index contributed by atoms with van der Waals surface area (Å²) < 4.78 is 26.5. The lowest BCUT2D eigenvalue weighted by molar-refractivity contribution is -0.130. The smallest absolute Gasteiger partial charge is 0.250 e. The Labute approximate surface area is 133 Å². The van der Waals surface area contributed by atoms with Crippen LogP contribution >= 0.6 is 0 Å². The van der Waals surface area contributed by atoms with Crippen molar-refractivity contribution in [2.24, 2.45) is 0 Å². The molecule has 0 saturated carbocycles. The van der Waals surface area contributed by atoms with E-state index in [1.54, 1.807) is 29.4 Å². The molecule has 23 heavy (non-hydrogen) atoms. The minimum atomic E-state index is -2.60. The number of β-amino-alcohol motifs (C(OH)–C–C–N with tert-alkyl or cyclic N) is 1. The van der Waals surface area contributed by atoms with E-state index in [-0.39, 0.29) is 50.8 Å². The predicted molar refractivity (Wildman–Crippen MR) is 80.1 cm³/mol. The van der Waals surface area contributed by atoms with Gasteiger partial charge in [0.15, 0.2) is 0 Å². The van der Waals surface area contributed by atoms with Crippen molar-refractivity contribution in [3.05, 3.63) is 30.1 Å². The largest absolute Gasteiger partial charge is 0.390 e. The number of hydrogen-bond acceptors (Lipinski definition) is 4. The summed E-state index contributed by atoms with van der Waals surface area (Å²) in [4.78, 5) is 19.8. The number of likely N-dealkylation sites (tertiary alicyclic amines) is 2.